The number of hydrogen-bond donors (Lipinski definition) is 1. The predicted octanol–water partition coefficient (Wildman–Crippen LogP) is 4.02. The Morgan fingerprint density at radius 1 is 1.08 bits per heavy atom. The number of Topliss-reactive ketones (excluding diaryl/α,β-unsaturated/α-hetero) is 1. The number of amides is 1. The molecule has 3 aromatic rings. The molecule has 0 atom stereocenters. The molecule has 4 rings (SSSR count). The standard InChI is InChI=1S/C25H26F3N5O3S/c1-16-5-3-4-6-18(16)24-31-30-23(37-24)14-20(34)17-7-8-21(36-25(26,27)28)19(13-17)29-22(35)15-33-11-9-32(2)10-12-33/h3-8,13H,9-12,14-15H2,1-2H3,(H,29,35). The van der Waals surface area contributed by atoms with E-state index in [9.17, 15) is 22.8 Å². The summed E-state index contributed by atoms with van der Waals surface area (Å²) in [5, 5.41) is 11.9. The van der Waals surface area contributed by atoms with E-state index >= 15 is 0 Å². The number of hydrogen-bond acceptors (Lipinski definition) is 8. The Kier molecular flexibility index (Phi) is 8.20. The normalized spacial score (nSPS) is 14.9. The van der Waals surface area contributed by atoms with E-state index in [2.05, 4.69) is 25.2 Å². The number of anilines is 1. The van der Waals surface area contributed by atoms with Crippen LogP contribution in [-0.4, -0.2) is 77.8 Å². The zero-order valence-electron chi connectivity index (χ0n) is 20.3. The summed E-state index contributed by atoms with van der Waals surface area (Å²) in [4.78, 5) is 29.6. The Labute approximate surface area is 216 Å². The van der Waals surface area contributed by atoms with Crippen molar-refractivity contribution in [1.29, 1.82) is 0 Å². The van der Waals surface area contributed by atoms with Gasteiger partial charge in [0.2, 0.25) is 5.91 Å². The van der Waals surface area contributed by atoms with Crippen molar-refractivity contribution in [1.82, 2.24) is 20.0 Å². The lowest BCUT2D eigenvalue weighted by molar-refractivity contribution is -0.274. The maximum absolute atomic E-state index is 13.0. The summed E-state index contributed by atoms with van der Waals surface area (Å²) in [7, 11) is 1.98. The summed E-state index contributed by atoms with van der Waals surface area (Å²) in [5.41, 5.74) is 1.84. The van der Waals surface area contributed by atoms with E-state index in [-0.39, 0.29) is 30.0 Å². The van der Waals surface area contributed by atoms with E-state index in [1.54, 1.807) is 0 Å². The fraction of sp³-hybridized carbons (Fsp3) is 0.360. The largest absolute Gasteiger partial charge is 0.573 e. The molecular formula is C25H26F3N5O3S. The Hall–Kier alpha value is -3.35. The molecule has 1 aliphatic heterocycles. The van der Waals surface area contributed by atoms with Crippen LogP contribution in [0.2, 0.25) is 0 Å². The number of ether oxygens (including phenoxy) is 1. The van der Waals surface area contributed by atoms with Crippen LogP contribution in [0.5, 0.6) is 5.75 Å². The molecule has 0 unspecified atom stereocenters. The molecule has 1 saturated heterocycles. The van der Waals surface area contributed by atoms with Crippen LogP contribution in [0.4, 0.5) is 18.9 Å². The second kappa shape index (κ2) is 11.4. The number of nitrogens with zero attached hydrogens (tertiary/aromatic N) is 4. The highest BCUT2D eigenvalue weighted by Crippen LogP contribution is 2.32. The van der Waals surface area contributed by atoms with Crippen molar-refractivity contribution in [2.45, 2.75) is 19.7 Å². The highest BCUT2D eigenvalue weighted by Gasteiger charge is 2.33. The molecule has 2 aromatic carbocycles. The van der Waals surface area contributed by atoms with Gasteiger partial charge < -0.3 is 15.0 Å². The molecule has 8 nitrogen and oxygen atoms in total. The van der Waals surface area contributed by atoms with Crippen LogP contribution >= 0.6 is 11.3 Å². The third-order valence-electron chi connectivity index (χ3n) is 5.92. The molecule has 196 valence electrons. The molecule has 0 aliphatic carbocycles. The number of aromatic nitrogens is 2. The molecular weight excluding hydrogens is 507 g/mol. The van der Waals surface area contributed by atoms with E-state index < -0.39 is 18.0 Å². The molecule has 1 aromatic heterocycles. The first-order valence-electron chi connectivity index (χ1n) is 11.6. The number of nitrogens with one attached hydrogen (secondary N) is 1. The third kappa shape index (κ3) is 7.34. The number of benzene rings is 2. The molecule has 12 heteroatoms. The van der Waals surface area contributed by atoms with Crippen molar-refractivity contribution >= 4 is 28.7 Å². The third-order valence-corrected chi connectivity index (χ3v) is 6.88. The maximum Gasteiger partial charge on any atom is 0.573 e. The smallest absolute Gasteiger partial charge is 0.404 e. The molecule has 1 amide bonds. The minimum absolute atomic E-state index is 0.0178. The van der Waals surface area contributed by atoms with Gasteiger partial charge in [0.1, 0.15) is 10.0 Å². The lowest BCUT2D eigenvalue weighted by Gasteiger charge is -2.31. The number of carbonyl (C=O) groups is 2. The van der Waals surface area contributed by atoms with Gasteiger partial charge in [0, 0.05) is 37.3 Å². The van der Waals surface area contributed by atoms with E-state index in [4.69, 9.17) is 0 Å². The number of carbonyl (C=O) groups excluding carboxylic acids is 2. The van der Waals surface area contributed by atoms with Crippen molar-refractivity contribution in [3.05, 3.63) is 58.6 Å². The summed E-state index contributed by atoms with van der Waals surface area (Å²) in [6, 6.07) is 11.1. The van der Waals surface area contributed by atoms with Crippen LogP contribution in [0.1, 0.15) is 20.9 Å². The first kappa shape index (κ1) is 26.7. The maximum atomic E-state index is 13.0. The zero-order valence-corrected chi connectivity index (χ0v) is 21.2. The summed E-state index contributed by atoms with van der Waals surface area (Å²) in [5.74, 6) is -1.46. The van der Waals surface area contributed by atoms with Crippen molar-refractivity contribution in [3.8, 4) is 16.3 Å². The molecule has 0 saturated carbocycles. The number of alkyl halides is 3. The van der Waals surface area contributed by atoms with E-state index in [1.165, 1.54) is 23.5 Å². The fourth-order valence-electron chi connectivity index (χ4n) is 3.90. The van der Waals surface area contributed by atoms with Crippen molar-refractivity contribution in [2.24, 2.45) is 0 Å². The number of piperazine rings is 1. The molecule has 1 N–H and O–H groups in total. The number of likely N-dealkylation sites (N-methyl/N-ethyl adjacent to an activating group) is 1. The Balaban J connectivity index is 1.49. The van der Waals surface area contributed by atoms with Crippen LogP contribution in [0.3, 0.4) is 0 Å². The van der Waals surface area contributed by atoms with E-state index in [0.29, 0.717) is 23.1 Å². The summed E-state index contributed by atoms with van der Waals surface area (Å²) < 4.78 is 43.0. The van der Waals surface area contributed by atoms with Crippen LogP contribution < -0.4 is 10.1 Å². The SMILES string of the molecule is Cc1ccccc1-c1nnc(CC(=O)c2ccc(OC(F)(F)F)c(NC(=O)CN3CCN(C)CC3)c2)s1. The van der Waals surface area contributed by atoms with Gasteiger partial charge in [-0.3, -0.25) is 14.5 Å². The van der Waals surface area contributed by atoms with Gasteiger partial charge in [0.15, 0.2) is 11.5 Å². The summed E-state index contributed by atoms with van der Waals surface area (Å²) in [6.45, 7) is 4.88. The van der Waals surface area contributed by atoms with Gasteiger partial charge in [-0.15, -0.1) is 23.4 Å². The number of aryl methyl sites for hydroxylation is 1. The molecule has 1 fully saturated rings. The molecule has 37 heavy (non-hydrogen) atoms. The summed E-state index contributed by atoms with van der Waals surface area (Å²) >= 11 is 1.27. The monoisotopic (exact) mass is 533 g/mol. The van der Waals surface area contributed by atoms with Crippen molar-refractivity contribution in [3.63, 3.8) is 0 Å². The zero-order chi connectivity index (χ0) is 26.6. The Morgan fingerprint density at radius 3 is 2.51 bits per heavy atom. The molecule has 0 bridgehead atoms. The lowest BCUT2D eigenvalue weighted by atomic mass is 10.1. The summed E-state index contributed by atoms with van der Waals surface area (Å²) in [6.07, 6.45) is -5.04. The average Bonchev–Trinajstić information content (AvgIpc) is 3.29. The van der Waals surface area contributed by atoms with Gasteiger partial charge in [-0.05, 0) is 37.7 Å². The highest BCUT2D eigenvalue weighted by molar-refractivity contribution is 7.14. The molecule has 0 radical (unpaired) electrons. The van der Waals surface area contributed by atoms with Crippen LogP contribution in [-0.2, 0) is 11.2 Å². The first-order chi connectivity index (χ1) is 17.6. The van der Waals surface area contributed by atoms with Crippen LogP contribution in [0, 0.1) is 6.92 Å². The van der Waals surface area contributed by atoms with Gasteiger partial charge in [0.05, 0.1) is 18.7 Å². The van der Waals surface area contributed by atoms with E-state index in [1.807, 2.05) is 43.1 Å². The van der Waals surface area contributed by atoms with Gasteiger partial charge in [-0.25, -0.2) is 0 Å². The highest BCUT2D eigenvalue weighted by atomic mass is 32.1. The second-order valence-corrected chi connectivity index (χ2v) is 9.86. The first-order valence-corrected chi connectivity index (χ1v) is 12.4. The Morgan fingerprint density at radius 2 is 1.81 bits per heavy atom. The van der Waals surface area contributed by atoms with Crippen molar-refractivity contribution in [2.75, 3.05) is 45.1 Å². The van der Waals surface area contributed by atoms with Crippen molar-refractivity contribution < 1.29 is 27.5 Å². The van der Waals surface area contributed by atoms with Gasteiger partial charge in [-0.2, -0.15) is 0 Å². The minimum Gasteiger partial charge on any atom is -0.404 e. The van der Waals surface area contributed by atoms with Gasteiger partial charge in [0.25, 0.3) is 0 Å². The second-order valence-electron chi connectivity index (χ2n) is 8.80. The van der Waals surface area contributed by atoms with Gasteiger partial charge in [-0.1, -0.05) is 35.6 Å². The topological polar surface area (TPSA) is 87.7 Å². The Bertz CT molecular complexity index is 1270. The molecule has 0 spiro atoms. The number of rotatable bonds is 8. The molecule has 2 heterocycles. The average molecular weight is 534 g/mol. The predicted molar refractivity (Wildman–Crippen MR) is 134 cm³/mol. The minimum atomic E-state index is -4.96. The van der Waals surface area contributed by atoms with Crippen LogP contribution in [0.15, 0.2) is 42.5 Å². The fourth-order valence-corrected chi connectivity index (χ4v) is 4.83. The van der Waals surface area contributed by atoms with E-state index in [0.717, 1.165) is 30.3 Å². The van der Waals surface area contributed by atoms with Gasteiger partial charge >= 0.3 is 6.36 Å². The van der Waals surface area contributed by atoms with Crippen LogP contribution in [0.25, 0.3) is 10.6 Å². The molecule has 1 aliphatic rings. The number of ketones is 1. The lowest BCUT2D eigenvalue weighted by Crippen LogP contribution is -2.47. The number of halogens is 3. The quantitative estimate of drug-likeness (QED) is 0.438.